The molecule has 6 nitrogen and oxygen atoms in total. The number of halogens is 1. The summed E-state index contributed by atoms with van der Waals surface area (Å²) >= 11 is 0. The van der Waals surface area contributed by atoms with Crippen LogP contribution in [0.4, 0.5) is 4.39 Å². The molecular formula is C23H23FN4O2. The first-order valence-corrected chi connectivity index (χ1v) is 9.98. The number of hydrogen-bond acceptors (Lipinski definition) is 3. The topological polar surface area (TPSA) is 92.1 Å². The predicted octanol–water partition coefficient (Wildman–Crippen LogP) is 3.26. The Morgan fingerprint density at radius 3 is 2.57 bits per heavy atom. The van der Waals surface area contributed by atoms with Crippen LogP contribution in [0.3, 0.4) is 0 Å². The number of nitrogens with one attached hydrogen (secondary N) is 1. The lowest BCUT2D eigenvalue weighted by Crippen LogP contribution is -2.40. The Labute approximate surface area is 173 Å². The van der Waals surface area contributed by atoms with Gasteiger partial charge < -0.3 is 15.6 Å². The zero-order chi connectivity index (χ0) is 21.1. The van der Waals surface area contributed by atoms with Crippen LogP contribution in [0.15, 0.2) is 54.6 Å². The maximum absolute atomic E-state index is 13.1. The van der Waals surface area contributed by atoms with Crippen LogP contribution in [0.5, 0.6) is 0 Å². The molecule has 0 bridgehead atoms. The first-order valence-electron chi connectivity index (χ1n) is 9.98. The van der Waals surface area contributed by atoms with E-state index in [2.05, 4.69) is 9.97 Å². The van der Waals surface area contributed by atoms with Crippen LogP contribution in [-0.4, -0.2) is 39.8 Å². The number of nitrogens with two attached hydrogens (primary N) is 1. The molecule has 0 aliphatic carbocycles. The Morgan fingerprint density at radius 2 is 1.87 bits per heavy atom. The number of H-pyrrole nitrogens is 1. The van der Waals surface area contributed by atoms with Gasteiger partial charge in [0.2, 0.25) is 5.91 Å². The standard InChI is InChI=1S/C23H23FN4O2/c24-18-10-8-15(9-11-18)13-19(29)28-12-4-7-17(14-28)23-26-20(21(27-23)22(25)30)16-5-2-1-3-6-16/h1-3,5-6,8-11,17H,4,7,12-14H2,(H2,25,30)(H,26,27)/t17-/m1/s1. The fourth-order valence-corrected chi connectivity index (χ4v) is 3.88. The SMILES string of the molecule is NC(=O)c1[nH]c([C@@H]2CCCN(C(=O)Cc3ccc(F)cc3)C2)nc1-c1ccccc1. The van der Waals surface area contributed by atoms with Crippen molar-refractivity contribution in [3.63, 3.8) is 0 Å². The van der Waals surface area contributed by atoms with Gasteiger partial charge in [0.1, 0.15) is 23.0 Å². The summed E-state index contributed by atoms with van der Waals surface area (Å²) in [6, 6.07) is 15.4. The number of carbonyl (C=O) groups is 2. The van der Waals surface area contributed by atoms with E-state index in [9.17, 15) is 14.0 Å². The van der Waals surface area contributed by atoms with Gasteiger partial charge in [0.15, 0.2) is 0 Å². The Kier molecular flexibility index (Phi) is 5.61. The lowest BCUT2D eigenvalue weighted by molar-refractivity contribution is -0.131. The molecule has 7 heteroatoms. The number of likely N-dealkylation sites (tertiary alicyclic amines) is 1. The third kappa shape index (κ3) is 4.25. The fraction of sp³-hybridized carbons (Fsp3) is 0.261. The molecule has 1 aliphatic heterocycles. The van der Waals surface area contributed by atoms with Gasteiger partial charge in [-0.3, -0.25) is 9.59 Å². The second kappa shape index (κ2) is 8.49. The Balaban J connectivity index is 1.52. The largest absolute Gasteiger partial charge is 0.364 e. The lowest BCUT2D eigenvalue weighted by Gasteiger charge is -2.32. The maximum Gasteiger partial charge on any atom is 0.267 e. The van der Waals surface area contributed by atoms with Gasteiger partial charge in [-0.25, -0.2) is 9.37 Å². The minimum atomic E-state index is -0.562. The van der Waals surface area contributed by atoms with E-state index < -0.39 is 5.91 Å². The summed E-state index contributed by atoms with van der Waals surface area (Å²) in [4.78, 5) is 34.3. The molecule has 0 spiro atoms. The van der Waals surface area contributed by atoms with Crippen molar-refractivity contribution < 1.29 is 14.0 Å². The second-order valence-corrected chi connectivity index (χ2v) is 7.56. The van der Waals surface area contributed by atoms with Crippen LogP contribution >= 0.6 is 0 Å². The molecule has 1 fully saturated rings. The van der Waals surface area contributed by atoms with E-state index in [-0.39, 0.29) is 29.8 Å². The van der Waals surface area contributed by atoms with E-state index in [1.165, 1.54) is 12.1 Å². The normalized spacial score (nSPS) is 16.4. The third-order valence-electron chi connectivity index (χ3n) is 5.45. The number of hydrogen-bond donors (Lipinski definition) is 2. The fourth-order valence-electron chi connectivity index (χ4n) is 3.88. The number of piperidine rings is 1. The molecule has 2 heterocycles. The lowest BCUT2D eigenvalue weighted by atomic mass is 9.96. The number of aromatic amines is 1. The molecule has 0 radical (unpaired) electrons. The molecule has 3 N–H and O–H groups in total. The van der Waals surface area contributed by atoms with E-state index >= 15 is 0 Å². The van der Waals surface area contributed by atoms with Crippen LogP contribution in [-0.2, 0) is 11.2 Å². The Hall–Kier alpha value is -3.48. The smallest absolute Gasteiger partial charge is 0.267 e. The molecule has 0 saturated carbocycles. The first kappa shape index (κ1) is 19.8. The predicted molar refractivity (Wildman–Crippen MR) is 111 cm³/mol. The van der Waals surface area contributed by atoms with Crippen LogP contribution in [0.2, 0.25) is 0 Å². The molecule has 4 rings (SSSR count). The molecule has 3 aromatic rings. The molecule has 30 heavy (non-hydrogen) atoms. The highest BCUT2D eigenvalue weighted by molar-refractivity contribution is 5.97. The molecule has 2 aromatic carbocycles. The average Bonchev–Trinajstić information content (AvgIpc) is 3.22. The zero-order valence-electron chi connectivity index (χ0n) is 16.5. The van der Waals surface area contributed by atoms with Crippen molar-refractivity contribution in [2.45, 2.75) is 25.2 Å². The third-order valence-corrected chi connectivity index (χ3v) is 5.45. The molecular weight excluding hydrogens is 383 g/mol. The van der Waals surface area contributed by atoms with E-state index in [0.29, 0.717) is 24.6 Å². The van der Waals surface area contributed by atoms with Crippen molar-refractivity contribution in [1.29, 1.82) is 0 Å². The summed E-state index contributed by atoms with van der Waals surface area (Å²) in [6.45, 7) is 1.19. The van der Waals surface area contributed by atoms with Crippen molar-refractivity contribution in [2.24, 2.45) is 5.73 Å². The minimum Gasteiger partial charge on any atom is -0.364 e. The number of aromatic nitrogens is 2. The maximum atomic E-state index is 13.1. The highest BCUT2D eigenvalue weighted by Gasteiger charge is 2.28. The molecule has 1 aliphatic rings. The van der Waals surface area contributed by atoms with Crippen LogP contribution in [0, 0.1) is 5.82 Å². The molecule has 1 aromatic heterocycles. The molecule has 154 valence electrons. The number of primary amides is 1. The van der Waals surface area contributed by atoms with Crippen molar-refractivity contribution in [3.05, 3.63) is 77.5 Å². The number of benzene rings is 2. The second-order valence-electron chi connectivity index (χ2n) is 7.56. The van der Waals surface area contributed by atoms with Gasteiger partial charge in [-0.2, -0.15) is 0 Å². The number of rotatable bonds is 5. The first-order chi connectivity index (χ1) is 14.5. The van der Waals surface area contributed by atoms with Crippen molar-refractivity contribution >= 4 is 11.8 Å². The number of carbonyl (C=O) groups excluding carboxylic acids is 2. The highest BCUT2D eigenvalue weighted by atomic mass is 19.1. The van der Waals surface area contributed by atoms with E-state index in [4.69, 9.17) is 5.73 Å². The molecule has 1 saturated heterocycles. The molecule has 0 unspecified atom stereocenters. The van der Waals surface area contributed by atoms with Gasteiger partial charge in [0.25, 0.3) is 5.91 Å². The summed E-state index contributed by atoms with van der Waals surface area (Å²) in [7, 11) is 0. The summed E-state index contributed by atoms with van der Waals surface area (Å²) in [5, 5.41) is 0. The van der Waals surface area contributed by atoms with Gasteiger partial charge in [0.05, 0.1) is 6.42 Å². The van der Waals surface area contributed by atoms with Crippen molar-refractivity contribution in [2.75, 3.05) is 13.1 Å². The minimum absolute atomic E-state index is 0.00345. The van der Waals surface area contributed by atoms with Crippen LogP contribution < -0.4 is 5.73 Å². The van der Waals surface area contributed by atoms with Crippen LogP contribution in [0.25, 0.3) is 11.3 Å². The Bertz CT molecular complexity index is 1050. The number of imidazole rings is 1. The average molecular weight is 406 g/mol. The van der Waals surface area contributed by atoms with E-state index in [1.807, 2.05) is 35.2 Å². The quantitative estimate of drug-likeness (QED) is 0.681. The summed E-state index contributed by atoms with van der Waals surface area (Å²) < 4.78 is 13.1. The molecule has 1 atom stereocenters. The Morgan fingerprint density at radius 1 is 1.13 bits per heavy atom. The molecule has 2 amide bonds. The summed E-state index contributed by atoms with van der Waals surface area (Å²) in [5.74, 6) is -0.223. The van der Waals surface area contributed by atoms with Crippen molar-refractivity contribution in [3.8, 4) is 11.3 Å². The monoisotopic (exact) mass is 406 g/mol. The van der Waals surface area contributed by atoms with Gasteiger partial charge in [-0.15, -0.1) is 0 Å². The van der Waals surface area contributed by atoms with Gasteiger partial charge in [-0.05, 0) is 30.5 Å². The van der Waals surface area contributed by atoms with Gasteiger partial charge in [0, 0.05) is 24.6 Å². The highest BCUT2D eigenvalue weighted by Crippen LogP contribution is 2.29. The summed E-state index contributed by atoms with van der Waals surface area (Å²) in [5.41, 5.74) is 7.98. The van der Waals surface area contributed by atoms with E-state index in [0.717, 1.165) is 24.0 Å². The van der Waals surface area contributed by atoms with Crippen molar-refractivity contribution in [1.82, 2.24) is 14.9 Å². The van der Waals surface area contributed by atoms with Crippen LogP contribution in [0.1, 0.15) is 40.6 Å². The van der Waals surface area contributed by atoms with Gasteiger partial charge in [-0.1, -0.05) is 42.5 Å². The van der Waals surface area contributed by atoms with E-state index in [1.54, 1.807) is 12.1 Å². The zero-order valence-corrected chi connectivity index (χ0v) is 16.5. The van der Waals surface area contributed by atoms with Gasteiger partial charge >= 0.3 is 0 Å². The number of amides is 2. The number of nitrogens with zero attached hydrogens (tertiary/aromatic N) is 2. The summed E-state index contributed by atoms with van der Waals surface area (Å²) in [6.07, 6.45) is 1.93.